The van der Waals surface area contributed by atoms with E-state index in [1.807, 2.05) is 30.9 Å². The van der Waals surface area contributed by atoms with Gasteiger partial charge in [-0.1, -0.05) is 26.0 Å². The Labute approximate surface area is 165 Å². The molecule has 2 heterocycles. The predicted octanol–water partition coefficient (Wildman–Crippen LogP) is 4.27. The Hall–Kier alpha value is -1.79. The number of hydrogen-bond acceptors (Lipinski definition) is 4. The van der Waals surface area contributed by atoms with Gasteiger partial charge in [0.1, 0.15) is 10.7 Å². The summed E-state index contributed by atoms with van der Waals surface area (Å²) in [5.41, 5.74) is 1.94. The Morgan fingerprint density at radius 1 is 1.26 bits per heavy atom. The fourth-order valence-electron chi connectivity index (χ4n) is 3.77. The molecule has 0 spiro atoms. The minimum atomic E-state index is -0.206. The first-order valence-electron chi connectivity index (χ1n) is 9.57. The second-order valence-electron chi connectivity index (χ2n) is 7.66. The Morgan fingerprint density at radius 3 is 2.56 bits per heavy atom. The fourth-order valence-corrected chi connectivity index (χ4v) is 4.66. The number of nitrogens with zero attached hydrogens (tertiary/aromatic N) is 3. The van der Waals surface area contributed by atoms with Crippen LogP contribution in [0.2, 0.25) is 0 Å². The summed E-state index contributed by atoms with van der Waals surface area (Å²) in [5.74, 6) is 0.317. The van der Waals surface area contributed by atoms with E-state index in [0.29, 0.717) is 12.5 Å². The molecule has 1 saturated heterocycles. The fraction of sp³-hybridized carbons (Fsp3) is 0.524. The van der Waals surface area contributed by atoms with Crippen LogP contribution < -0.4 is 0 Å². The first-order chi connectivity index (χ1) is 12.8. The van der Waals surface area contributed by atoms with Crippen molar-refractivity contribution >= 4 is 17.2 Å². The molecular formula is C21H28FN3OS. The molecule has 0 aliphatic carbocycles. The first kappa shape index (κ1) is 20.0. The lowest BCUT2D eigenvalue weighted by atomic mass is 10.0. The van der Waals surface area contributed by atoms with Gasteiger partial charge in [-0.2, -0.15) is 0 Å². The molecule has 1 amide bonds. The van der Waals surface area contributed by atoms with Gasteiger partial charge in [0, 0.05) is 32.2 Å². The Bertz CT molecular complexity index is 787. The van der Waals surface area contributed by atoms with Crippen molar-refractivity contribution in [1.82, 2.24) is 14.8 Å². The van der Waals surface area contributed by atoms with E-state index in [-0.39, 0.29) is 17.8 Å². The number of aryl methyl sites for hydroxylation is 2. The second-order valence-corrected chi connectivity index (χ2v) is 8.86. The lowest BCUT2D eigenvalue weighted by molar-refractivity contribution is 0.0706. The highest BCUT2D eigenvalue weighted by Gasteiger charge is 2.31. The number of rotatable bonds is 4. The van der Waals surface area contributed by atoms with Gasteiger partial charge in [-0.25, -0.2) is 9.37 Å². The third kappa shape index (κ3) is 4.74. The van der Waals surface area contributed by atoms with Crippen LogP contribution in [0, 0.1) is 25.6 Å². The van der Waals surface area contributed by atoms with Crippen molar-refractivity contribution in [3.63, 3.8) is 0 Å². The molecule has 4 nitrogen and oxygen atoms in total. The van der Waals surface area contributed by atoms with Crippen LogP contribution in [0.3, 0.4) is 0 Å². The minimum absolute atomic E-state index is 0.104. The van der Waals surface area contributed by atoms with Crippen molar-refractivity contribution in [3.05, 3.63) is 51.2 Å². The molecule has 1 atom stereocenters. The quantitative estimate of drug-likeness (QED) is 0.783. The average molecular weight is 390 g/mol. The maximum atomic E-state index is 13.2. The van der Waals surface area contributed by atoms with Gasteiger partial charge in [0.05, 0.1) is 10.7 Å². The Balaban J connectivity index is 1.77. The van der Waals surface area contributed by atoms with Crippen molar-refractivity contribution < 1.29 is 9.18 Å². The number of carbonyl (C=O) groups excluding carboxylic acids is 1. The maximum absolute atomic E-state index is 13.2. The van der Waals surface area contributed by atoms with Crippen LogP contribution in [0.15, 0.2) is 24.3 Å². The highest BCUT2D eigenvalue weighted by Crippen LogP contribution is 2.24. The lowest BCUT2D eigenvalue weighted by Crippen LogP contribution is -2.45. The van der Waals surface area contributed by atoms with Gasteiger partial charge in [-0.3, -0.25) is 9.69 Å². The van der Waals surface area contributed by atoms with E-state index in [1.165, 1.54) is 23.5 Å². The Morgan fingerprint density at radius 2 is 1.96 bits per heavy atom. The molecule has 2 aromatic rings. The summed E-state index contributed by atoms with van der Waals surface area (Å²) in [4.78, 5) is 22.7. The van der Waals surface area contributed by atoms with E-state index < -0.39 is 0 Å². The zero-order valence-electron chi connectivity index (χ0n) is 16.5. The number of halogens is 1. The molecule has 0 N–H and O–H groups in total. The molecule has 27 heavy (non-hydrogen) atoms. The van der Waals surface area contributed by atoms with Crippen molar-refractivity contribution in [2.24, 2.45) is 5.92 Å². The number of thiazole rings is 1. The molecule has 6 heteroatoms. The molecule has 1 aliphatic rings. The largest absolute Gasteiger partial charge is 0.336 e. The molecule has 0 saturated carbocycles. The van der Waals surface area contributed by atoms with Crippen molar-refractivity contribution in [1.29, 1.82) is 0 Å². The van der Waals surface area contributed by atoms with E-state index in [4.69, 9.17) is 0 Å². The van der Waals surface area contributed by atoms with E-state index in [1.54, 1.807) is 0 Å². The standard InChI is InChI=1S/C21H28FN3OS/c1-14(2)19-13-25(21(26)20-15(3)23-16(4)27-20)11-5-10-24(19)12-17-6-8-18(22)9-7-17/h6-9,14,19H,5,10-13H2,1-4H3. The molecule has 1 fully saturated rings. The van der Waals surface area contributed by atoms with E-state index in [9.17, 15) is 9.18 Å². The van der Waals surface area contributed by atoms with Gasteiger partial charge in [0.25, 0.3) is 5.91 Å². The molecular weight excluding hydrogens is 361 g/mol. The van der Waals surface area contributed by atoms with Crippen LogP contribution in [0.5, 0.6) is 0 Å². The van der Waals surface area contributed by atoms with Gasteiger partial charge in [0.15, 0.2) is 0 Å². The van der Waals surface area contributed by atoms with Crippen molar-refractivity contribution in [2.75, 3.05) is 19.6 Å². The summed E-state index contributed by atoms with van der Waals surface area (Å²) in [6, 6.07) is 7.01. The second kappa shape index (κ2) is 8.48. The number of benzene rings is 1. The van der Waals surface area contributed by atoms with E-state index in [2.05, 4.69) is 23.7 Å². The smallest absolute Gasteiger partial charge is 0.265 e. The molecule has 1 aromatic carbocycles. The van der Waals surface area contributed by atoms with Crippen molar-refractivity contribution in [3.8, 4) is 0 Å². The molecule has 146 valence electrons. The number of hydrogen-bond donors (Lipinski definition) is 0. The topological polar surface area (TPSA) is 36.4 Å². The molecule has 3 rings (SSSR count). The van der Waals surface area contributed by atoms with Crippen LogP contribution in [0.25, 0.3) is 0 Å². The minimum Gasteiger partial charge on any atom is -0.336 e. The van der Waals surface area contributed by atoms with E-state index in [0.717, 1.165) is 47.2 Å². The molecule has 1 aromatic heterocycles. The SMILES string of the molecule is Cc1nc(C)c(C(=O)N2CCCN(Cc3ccc(F)cc3)C(C(C)C)C2)s1. The highest BCUT2D eigenvalue weighted by molar-refractivity contribution is 7.13. The summed E-state index contributed by atoms with van der Waals surface area (Å²) < 4.78 is 13.2. The molecule has 1 unspecified atom stereocenters. The van der Waals surface area contributed by atoms with Gasteiger partial charge >= 0.3 is 0 Å². The third-order valence-corrected chi connectivity index (χ3v) is 6.26. The summed E-state index contributed by atoms with van der Waals surface area (Å²) in [7, 11) is 0. The molecule has 0 bridgehead atoms. The number of aromatic nitrogens is 1. The van der Waals surface area contributed by atoms with Crippen molar-refractivity contribution in [2.45, 2.75) is 46.7 Å². The van der Waals surface area contributed by atoms with Gasteiger partial charge in [-0.05, 0) is 43.9 Å². The summed E-state index contributed by atoms with van der Waals surface area (Å²) >= 11 is 1.49. The van der Waals surface area contributed by atoms with E-state index >= 15 is 0 Å². The van der Waals surface area contributed by atoms with Crippen LogP contribution in [-0.2, 0) is 6.54 Å². The number of carbonyl (C=O) groups is 1. The predicted molar refractivity (Wildman–Crippen MR) is 108 cm³/mol. The van der Waals surface area contributed by atoms with Crippen LogP contribution >= 0.6 is 11.3 Å². The third-order valence-electron chi connectivity index (χ3n) is 5.20. The monoisotopic (exact) mass is 389 g/mol. The van der Waals surface area contributed by atoms with Gasteiger partial charge in [0.2, 0.25) is 0 Å². The zero-order chi connectivity index (χ0) is 19.6. The van der Waals surface area contributed by atoms with Gasteiger partial charge < -0.3 is 4.90 Å². The summed E-state index contributed by atoms with van der Waals surface area (Å²) in [5, 5.41) is 0.934. The Kier molecular flexibility index (Phi) is 6.27. The maximum Gasteiger partial charge on any atom is 0.265 e. The first-order valence-corrected chi connectivity index (χ1v) is 10.4. The van der Waals surface area contributed by atoms with Gasteiger partial charge in [-0.15, -0.1) is 11.3 Å². The van der Waals surface area contributed by atoms with Crippen LogP contribution in [0.1, 0.15) is 46.2 Å². The lowest BCUT2D eigenvalue weighted by Gasteiger charge is -2.34. The molecule has 1 aliphatic heterocycles. The van der Waals surface area contributed by atoms with Crippen LogP contribution in [-0.4, -0.2) is 46.4 Å². The highest BCUT2D eigenvalue weighted by atomic mass is 32.1. The zero-order valence-corrected chi connectivity index (χ0v) is 17.4. The normalized spacial score (nSPS) is 18.7. The number of amides is 1. The summed E-state index contributed by atoms with van der Waals surface area (Å²) in [6.07, 6.45) is 0.937. The van der Waals surface area contributed by atoms with Crippen LogP contribution in [0.4, 0.5) is 4.39 Å². The summed E-state index contributed by atoms with van der Waals surface area (Å²) in [6.45, 7) is 11.5. The average Bonchev–Trinajstić information content (AvgIpc) is 2.83. The molecule has 0 radical (unpaired) electrons.